The van der Waals surface area contributed by atoms with E-state index in [1.165, 1.54) is 0 Å². The summed E-state index contributed by atoms with van der Waals surface area (Å²) in [5.74, 6) is -5.05. The van der Waals surface area contributed by atoms with Crippen molar-refractivity contribution in [3.05, 3.63) is 76.7 Å². The molecule has 0 saturated carbocycles. The van der Waals surface area contributed by atoms with E-state index in [-0.39, 0.29) is 5.57 Å². The van der Waals surface area contributed by atoms with Crippen LogP contribution in [0.1, 0.15) is 46.4 Å². The summed E-state index contributed by atoms with van der Waals surface area (Å²) >= 11 is 0. The van der Waals surface area contributed by atoms with Gasteiger partial charge in [0.1, 0.15) is 0 Å². The second kappa shape index (κ2) is 6.35. The number of benzene rings is 2. The van der Waals surface area contributed by atoms with Gasteiger partial charge < -0.3 is 0 Å². The maximum absolute atomic E-state index is 12.8. The molecule has 0 spiro atoms. The van der Waals surface area contributed by atoms with Gasteiger partial charge in [-0.25, -0.2) is 0 Å². The van der Waals surface area contributed by atoms with E-state index in [2.05, 4.69) is 0 Å². The Morgan fingerprint density at radius 2 is 1.53 bits per heavy atom. The van der Waals surface area contributed by atoms with E-state index in [1.807, 2.05) is 0 Å². The van der Waals surface area contributed by atoms with Crippen LogP contribution in [0.25, 0.3) is 16.7 Å². The highest BCUT2D eigenvalue weighted by Crippen LogP contribution is 2.38. The highest BCUT2D eigenvalue weighted by molar-refractivity contribution is 6.21. The van der Waals surface area contributed by atoms with Gasteiger partial charge in [-0.1, -0.05) is 36.3 Å². The number of likely N-dealkylation sites (N-methyl/N-ethyl adjacent to an activating group) is 1. The summed E-state index contributed by atoms with van der Waals surface area (Å²) in [6.45, 7) is 0. The van der Waals surface area contributed by atoms with Gasteiger partial charge in [-0.05, 0) is 46.8 Å². The Morgan fingerprint density at radius 3 is 2.33 bits per heavy atom. The smallest absolute Gasteiger partial charge is 0.261 e. The van der Waals surface area contributed by atoms with Gasteiger partial charge in [-0.3, -0.25) is 29.0 Å². The third-order valence-electron chi connectivity index (χ3n) is 5.10. The van der Waals surface area contributed by atoms with Crippen molar-refractivity contribution in [2.24, 2.45) is 5.92 Å². The van der Waals surface area contributed by atoms with Crippen LogP contribution in [0.15, 0.2) is 60.0 Å². The number of amides is 4. The molecule has 1 aliphatic carbocycles. The Morgan fingerprint density at radius 1 is 0.833 bits per heavy atom. The van der Waals surface area contributed by atoms with Gasteiger partial charge in [0.2, 0.25) is 5.91 Å². The van der Waals surface area contributed by atoms with Crippen molar-refractivity contribution in [2.45, 2.75) is 6.40 Å². The van der Waals surface area contributed by atoms with Gasteiger partial charge in [0.05, 0.1) is 29.4 Å². The van der Waals surface area contributed by atoms with Crippen LogP contribution in [0.2, 0.25) is 0 Å². The first-order chi connectivity index (χ1) is 18.6. The molecule has 30 heavy (non-hydrogen) atoms. The molecule has 4 amide bonds. The summed E-state index contributed by atoms with van der Waals surface area (Å²) in [6.07, 6.45) is -1.75. The molecule has 2 unspecified atom stereocenters. The lowest BCUT2D eigenvalue weighted by Gasteiger charge is -2.17. The Labute approximate surface area is 187 Å². The number of imide groups is 2. The largest absolute Gasteiger partial charge is 0.281 e. The molecule has 6 heteroatoms. The third kappa shape index (κ3) is 2.50. The van der Waals surface area contributed by atoms with E-state index in [0.717, 1.165) is 14.1 Å². The standard InChI is InChI=1S/C24H18N2O4/c1-25-21(27)17-8-6-15(11-19(17)23(25)29)13-4-3-5-14(10-13)16-7-9-18-20(12-16)24(30)26(2)22(18)28/h3-11,20H,12H2,1-2H3/i3D,4D,5D,6D,7D,8D,9D,10D,11D,12D. The number of likely N-dealkylation sites (tertiary alicyclic amines) is 1. The van der Waals surface area contributed by atoms with Crippen LogP contribution < -0.4 is 0 Å². The molecule has 6 nitrogen and oxygen atoms in total. The minimum Gasteiger partial charge on any atom is -0.281 e. The predicted molar refractivity (Wildman–Crippen MR) is 110 cm³/mol. The first kappa shape index (κ1) is 10.3. The summed E-state index contributed by atoms with van der Waals surface area (Å²) in [4.78, 5) is 51.9. The fraction of sp³-hybridized carbons (Fsp3) is 0.167. The summed E-state index contributed by atoms with van der Waals surface area (Å²) in [6, 6.07) is -7.01. The highest BCUT2D eigenvalue weighted by atomic mass is 16.2. The molecular formula is C24H18N2O4. The van der Waals surface area contributed by atoms with Gasteiger partial charge in [0.25, 0.3) is 17.7 Å². The molecule has 1 fully saturated rings. The minimum atomic E-state index is -1.75. The summed E-state index contributed by atoms with van der Waals surface area (Å²) in [7, 11) is 2.28. The quantitative estimate of drug-likeness (QED) is 0.716. The molecule has 2 atom stereocenters. The number of hydrogen-bond donors (Lipinski definition) is 0. The summed E-state index contributed by atoms with van der Waals surface area (Å²) in [5, 5.41) is 0. The summed E-state index contributed by atoms with van der Waals surface area (Å²) in [5.41, 5.74) is -3.73. The molecule has 0 bridgehead atoms. The number of nitrogens with zero attached hydrogens (tertiary/aromatic N) is 2. The van der Waals surface area contributed by atoms with Crippen molar-refractivity contribution in [1.82, 2.24) is 9.80 Å². The first-order valence-electron chi connectivity index (χ1n) is 13.9. The zero-order chi connectivity index (χ0) is 29.9. The van der Waals surface area contributed by atoms with Crippen LogP contribution >= 0.6 is 0 Å². The summed E-state index contributed by atoms with van der Waals surface area (Å²) < 4.78 is 85.4. The van der Waals surface area contributed by atoms with Crippen LogP contribution in [-0.4, -0.2) is 47.5 Å². The number of hydrogen-bond acceptors (Lipinski definition) is 4. The van der Waals surface area contributed by atoms with Crippen molar-refractivity contribution < 1.29 is 32.9 Å². The molecular weight excluding hydrogens is 380 g/mol. The third-order valence-corrected chi connectivity index (χ3v) is 5.10. The molecule has 5 rings (SSSR count). The van der Waals surface area contributed by atoms with Crippen LogP contribution in [0.5, 0.6) is 0 Å². The van der Waals surface area contributed by atoms with Crippen molar-refractivity contribution in [2.75, 3.05) is 14.1 Å². The van der Waals surface area contributed by atoms with Gasteiger partial charge in [-0.2, -0.15) is 0 Å². The number of fused-ring (bicyclic) bond motifs is 2. The molecule has 2 aromatic rings. The number of carbonyl (C=O) groups excluding carboxylic acids is 4. The molecule has 2 aromatic carbocycles. The fourth-order valence-corrected chi connectivity index (χ4v) is 3.40. The van der Waals surface area contributed by atoms with Gasteiger partial charge in [0, 0.05) is 21.0 Å². The van der Waals surface area contributed by atoms with E-state index in [1.54, 1.807) is 0 Å². The predicted octanol–water partition coefficient (Wildman–Crippen LogP) is 2.91. The minimum absolute atomic E-state index is 0.380. The van der Waals surface area contributed by atoms with Crippen molar-refractivity contribution >= 4 is 29.2 Å². The lowest BCUT2D eigenvalue weighted by molar-refractivity contribution is -0.137. The van der Waals surface area contributed by atoms with Gasteiger partial charge >= 0.3 is 0 Å². The molecule has 148 valence electrons. The van der Waals surface area contributed by atoms with Crippen molar-refractivity contribution in [3.63, 3.8) is 0 Å². The van der Waals surface area contributed by atoms with E-state index in [9.17, 15) is 19.2 Å². The topological polar surface area (TPSA) is 74.8 Å². The molecule has 0 aromatic heterocycles. The Bertz CT molecular complexity index is 1730. The molecule has 1 saturated heterocycles. The van der Waals surface area contributed by atoms with E-state index in [4.69, 9.17) is 13.7 Å². The first-order valence-corrected chi connectivity index (χ1v) is 8.80. The van der Waals surface area contributed by atoms with Crippen molar-refractivity contribution in [1.29, 1.82) is 0 Å². The molecule has 0 radical (unpaired) electrons. The van der Waals surface area contributed by atoms with Crippen LogP contribution in [0, 0.1) is 5.92 Å². The Kier molecular flexibility index (Phi) is 2.18. The monoisotopic (exact) mass is 408 g/mol. The van der Waals surface area contributed by atoms with Crippen LogP contribution in [-0.2, 0) is 9.59 Å². The number of rotatable bonds is 2. The Hall–Kier alpha value is -3.80. The zero-order valence-corrected chi connectivity index (χ0v) is 15.7. The molecule has 0 N–H and O–H groups in total. The maximum atomic E-state index is 12.8. The van der Waals surface area contributed by atoms with E-state index < -0.39 is 124 Å². The number of carbonyl (C=O) groups is 4. The zero-order valence-electron chi connectivity index (χ0n) is 25.7. The fourth-order valence-electron chi connectivity index (χ4n) is 3.40. The van der Waals surface area contributed by atoms with Gasteiger partial charge in [-0.15, -0.1) is 0 Å². The second-order valence-electron chi connectivity index (χ2n) is 6.84. The normalized spacial score (nSPS) is 28.2. The lowest BCUT2D eigenvalue weighted by Crippen LogP contribution is -2.25. The van der Waals surface area contributed by atoms with E-state index in [0.29, 0.717) is 9.80 Å². The van der Waals surface area contributed by atoms with E-state index >= 15 is 0 Å². The number of allylic oxidation sites excluding steroid dienone is 3. The Balaban J connectivity index is 1.87. The van der Waals surface area contributed by atoms with Crippen LogP contribution in [0.3, 0.4) is 0 Å². The maximum Gasteiger partial charge on any atom is 0.261 e. The SMILES string of the molecule is [2H]C1=C(c2c([2H])c([2H])c([2H])c(-c3c([2H])c([2H])c4c(c3[2H])C(=O)N(C)C4=O)c2[2H])C([2H])C2C(=O)N(C)C(=O)C2=C1[2H]. The highest BCUT2D eigenvalue weighted by Gasteiger charge is 2.42. The molecule has 3 aliphatic rings. The molecule has 2 heterocycles. The second-order valence-corrected chi connectivity index (χ2v) is 6.84. The van der Waals surface area contributed by atoms with Gasteiger partial charge in [0.15, 0.2) is 0 Å². The molecule has 2 aliphatic heterocycles. The van der Waals surface area contributed by atoms with Crippen LogP contribution in [0.4, 0.5) is 0 Å². The average Bonchev–Trinajstić information content (AvgIpc) is 3.28. The average molecular weight is 408 g/mol. The van der Waals surface area contributed by atoms with Crippen molar-refractivity contribution in [3.8, 4) is 11.1 Å². The lowest BCUT2D eigenvalue weighted by atomic mass is 9.85.